The molecule has 136 valence electrons. The Morgan fingerprint density at radius 1 is 1.27 bits per heavy atom. The smallest absolute Gasteiger partial charge is 0.230 e. The largest absolute Gasteiger partial charge is 0.492 e. The van der Waals surface area contributed by atoms with Crippen molar-refractivity contribution in [2.24, 2.45) is 0 Å². The highest BCUT2D eigenvalue weighted by Gasteiger charge is 2.10. The van der Waals surface area contributed by atoms with Crippen molar-refractivity contribution in [2.75, 3.05) is 17.7 Å². The number of ether oxygens (including phenoxy) is 1. The lowest BCUT2D eigenvalue weighted by atomic mass is 10.3. The Kier molecular flexibility index (Phi) is 6.50. The van der Waals surface area contributed by atoms with Gasteiger partial charge in [-0.1, -0.05) is 35.2 Å². The van der Waals surface area contributed by atoms with Gasteiger partial charge >= 0.3 is 0 Å². The first-order valence-corrected chi connectivity index (χ1v) is 9.79. The summed E-state index contributed by atoms with van der Waals surface area (Å²) in [5.74, 6) is 1.67. The van der Waals surface area contributed by atoms with Crippen molar-refractivity contribution in [1.82, 2.24) is 15.5 Å². The molecule has 2 heterocycles. The van der Waals surface area contributed by atoms with Crippen molar-refractivity contribution in [3.05, 3.63) is 48.4 Å². The number of furan rings is 1. The van der Waals surface area contributed by atoms with Gasteiger partial charge in [-0.3, -0.25) is 4.79 Å². The van der Waals surface area contributed by atoms with E-state index >= 15 is 0 Å². The molecule has 0 aliphatic heterocycles. The highest BCUT2D eigenvalue weighted by atomic mass is 32.2. The van der Waals surface area contributed by atoms with Crippen LogP contribution in [-0.2, 0) is 11.3 Å². The van der Waals surface area contributed by atoms with Crippen molar-refractivity contribution in [3.8, 4) is 5.75 Å². The molecule has 0 saturated carbocycles. The van der Waals surface area contributed by atoms with Gasteiger partial charge in [0.15, 0.2) is 4.34 Å². The first-order chi connectivity index (χ1) is 12.7. The second kappa shape index (κ2) is 9.25. The summed E-state index contributed by atoms with van der Waals surface area (Å²) in [6.07, 6.45) is 1.58. The lowest BCUT2D eigenvalue weighted by molar-refractivity contribution is -0.118. The molecule has 0 bridgehead atoms. The molecule has 0 aliphatic rings. The molecule has 0 saturated heterocycles. The maximum absolute atomic E-state index is 11.9. The minimum Gasteiger partial charge on any atom is -0.492 e. The Hall–Kier alpha value is -2.52. The third kappa shape index (κ3) is 5.24. The van der Waals surface area contributed by atoms with E-state index in [1.165, 1.54) is 23.1 Å². The van der Waals surface area contributed by atoms with Crippen molar-refractivity contribution >= 4 is 39.8 Å². The van der Waals surface area contributed by atoms with E-state index in [-0.39, 0.29) is 11.7 Å². The summed E-state index contributed by atoms with van der Waals surface area (Å²) in [6, 6.07) is 11.3. The number of para-hydroxylation sites is 2. The third-order valence-electron chi connectivity index (χ3n) is 3.20. The lowest BCUT2D eigenvalue weighted by Gasteiger charge is -2.09. The van der Waals surface area contributed by atoms with E-state index in [0.717, 1.165) is 21.5 Å². The Morgan fingerprint density at radius 3 is 2.96 bits per heavy atom. The zero-order valence-corrected chi connectivity index (χ0v) is 15.7. The van der Waals surface area contributed by atoms with E-state index in [1.807, 2.05) is 37.3 Å². The second-order valence-corrected chi connectivity index (χ2v) is 7.27. The van der Waals surface area contributed by atoms with Gasteiger partial charge in [0.2, 0.25) is 11.0 Å². The highest BCUT2D eigenvalue weighted by molar-refractivity contribution is 8.01. The normalized spacial score (nSPS) is 10.5. The average Bonchev–Trinajstić information content (AvgIpc) is 3.32. The van der Waals surface area contributed by atoms with Crippen LogP contribution in [0.4, 0.5) is 10.8 Å². The monoisotopic (exact) mass is 390 g/mol. The molecule has 1 amide bonds. The Labute approximate surface area is 159 Å². The zero-order chi connectivity index (χ0) is 18.2. The Bertz CT molecular complexity index is 836. The lowest BCUT2D eigenvalue weighted by Crippen LogP contribution is -2.24. The predicted molar refractivity (Wildman–Crippen MR) is 102 cm³/mol. The Balaban J connectivity index is 1.49. The number of nitrogens with one attached hydrogen (secondary N) is 2. The quantitative estimate of drug-likeness (QED) is 0.539. The van der Waals surface area contributed by atoms with Crippen LogP contribution in [-0.4, -0.2) is 28.5 Å². The van der Waals surface area contributed by atoms with E-state index in [2.05, 4.69) is 20.8 Å². The number of rotatable bonds is 9. The van der Waals surface area contributed by atoms with Gasteiger partial charge in [-0.2, -0.15) is 0 Å². The number of hydrogen-bond donors (Lipinski definition) is 2. The molecule has 9 heteroatoms. The van der Waals surface area contributed by atoms with Crippen LogP contribution in [0.15, 0.2) is 51.4 Å². The number of hydrogen-bond acceptors (Lipinski definition) is 8. The van der Waals surface area contributed by atoms with Gasteiger partial charge in [0.05, 0.1) is 30.9 Å². The van der Waals surface area contributed by atoms with Crippen LogP contribution in [0.5, 0.6) is 5.75 Å². The predicted octanol–water partition coefficient (Wildman–Crippen LogP) is 3.68. The van der Waals surface area contributed by atoms with Crippen LogP contribution in [0.2, 0.25) is 0 Å². The molecule has 3 rings (SSSR count). The molecule has 0 aliphatic carbocycles. The summed E-state index contributed by atoms with van der Waals surface area (Å²) in [7, 11) is 0. The maximum atomic E-state index is 11.9. The van der Waals surface area contributed by atoms with E-state index in [1.54, 1.807) is 12.3 Å². The van der Waals surface area contributed by atoms with Crippen molar-refractivity contribution < 1.29 is 13.9 Å². The first-order valence-electron chi connectivity index (χ1n) is 7.99. The van der Waals surface area contributed by atoms with Gasteiger partial charge in [-0.25, -0.2) is 0 Å². The second-order valence-electron chi connectivity index (χ2n) is 5.07. The maximum Gasteiger partial charge on any atom is 0.230 e. The molecule has 2 aromatic heterocycles. The zero-order valence-electron chi connectivity index (χ0n) is 14.1. The van der Waals surface area contributed by atoms with E-state index < -0.39 is 0 Å². The summed E-state index contributed by atoms with van der Waals surface area (Å²) >= 11 is 2.73. The van der Waals surface area contributed by atoms with Crippen LogP contribution in [0, 0.1) is 0 Å². The van der Waals surface area contributed by atoms with E-state index in [0.29, 0.717) is 18.3 Å². The number of carbonyl (C=O) groups is 1. The molecule has 2 N–H and O–H groups in total. The van der Waals surface area contributed by atoms with Crippen molar-refractivity contribution in [1.29, 1.82) is 0 Å². The molecular weight excluding hydrogens is 372 g/mol. The number of carbonyl (C=O) groups excluding carboxylic acids is 1. The average molecular weight is 390 g/mol. The number of benzene rings is 1. The Morgan fingerprint density at radius 2 is 2.15 bits per heavy atom. The van der Waals surface area contributed by atoms with Gasteiger partial charge in [0.1, 0.15) is 11.5 Å². The standard InChI is InChI=1S/C17H18N4O3S2/c1-2-23-14-8-4-3-7-13(14)19-16-20-21-17(26-16)25-11-15(22)18-10-12-6-5-9-24-12/h3-9H,2,10-11H2,1H3,(H,18,22)(H,19,20). The fourth-order valence-corrected chi connectivity index (χ4v) is 3.66. The highest BCUT2D eigenvalue weighted by Crippen LogP contribution is 2.31. The SMILES string of the molecule is CCOc1ccccc1Nc1nnc(SCC(=O)NCc2ccco2)s1. The topological polar surface area (TPSA) is 89.3 Å². The first kappa shape index (κ1) is 18.3. The fraction of sp³-hybridized carbons (Fsp3) is 0.235. The van der Waals surface area contributed by atoms with Crippen LogP contribution >= 0.6 is 23.1 Å². The molecule has 26 heavy (non-hydrogen) atoms. The molecule has 1 aromatic carbocycles. The van der Waals surface area contributed by atoms with Crippen LogP contribution < -0.4 is 15.4 Å². The summed E-state index contributed by atoms with van der Waals surface area (Å²) in [6.45, 7) is 2.90. The molecule has 0 spiro atoms. The van der Waals surface area contributed by atoms with Crippen molar-refractivity contribution in [2.45, 2.75) is 17.8 Å². The number of nitrogens with zero attached hydrogens (tertiary/aromatic N) is 2. The van der Waals surface area contributed by atoms with Gasteiger partial charge in [0, 0.05) is 0 Å². The molecule has 0 atom stereocenters. The number of thioether (sulfide) groups is 1. The van der Waals surface area contributed by atoms with E-state index in [4.69, 9.17) is 9.15 Å². The summed E-state index contributed by atoms with van der Waals surface area (Å²) in [5, 5.41) is 14.9. The minimum absolute atomic E-state index is 0.0854. The van der Waals surface area contributed by atoms with Gasteiger partial charge in [-0.15, -0.1) is 10.2 Å². The molecular formula is C17H18N4O3S2. The molecule has 3 aromatic rings. The number of anilines is 2. The molecule has 7 nitrogen and oxygen atoms in total. The molecule has 0 fully saturated rings. The van der Waals surface area contributed by atoms with Crippen molar-refractivity contribution in [3.63, 3.8) is 0 Å². The fourth-order valence-electron chi connectivity index (χ4n) is 2.06. The van der Waals surface area contributed by atoms with E-state index in [9.17, 15) is 4.79 Å². The van der Waals surface area contributed by atoms with Gasteiger partial charge in [-0.05, 0) is 31.2 Å². The van der Waals surface area contributed by atoms with Crippen LogP contribution in [0.3, 0.4) is 0 Å². The van der Waals surface area contributed by atoms with Crippen LogP contribution in [0.1, 0.15) is 12.7 Å². The van der Waals surface area contributed by atoms with Crippen LogP contribution in [0.25, 0.3) is 0 Å². The minimum atomic E-state index is -0.0854. The molecule has 0 radical (unpaired) electrons. The van der Waals surface area contributed by atoms with Gasteiger partial charge < -0.3 is 19.8 Å². The summed E-state index contributed by atoms with van der Waals surface area (Å²) < 4.78 is 11.5. The summed E-state index contributed by atoms with van der Waals surface area (Å²) in [4.78, 5) is 11.9. The summed E-state index contributed by atoms with van der Waals surface area (Å²) in [5.41, 5.74) is 0.832. The van der Waals surface area contributed by atoms with Gasteiger partial charge in [0.25, 0.3) is 0 Å². The number of amides is 1. The number of aromatic nitrogens is 2. The third-order valence-corrected chi connectivity index (χ3v) is 5.17. The molecule has 0 unspecified atom stereocenters.